The van der Waals surface area contributed by atoms with Crippen LogP contribution in [0.3, 0.4) is 0 Å². The standard InChI is InChI=1S/C15H22N4O4/c1-10(20)5-7-16(2)12(21)9-19-8-6-11-13(19)17(3)15(23)18(4)14(11)22/h6,8,10,20H,5,7,9H2,1-4H3/t10-/m0/s1. The number of hydrogen-bond donors (Lipinski definition) is 1. The van der Waals surface area contributed by atoms with Crippen LogP contribution >= 0.6 is 0 Å². The van der Waals surface area contributed by atoms with Crippen LogP contribution in [0, 0.1) is 0 Å². The number of carbonyl (C=O) groups is 1. The van der Waals surface area contributed by atoms with Gasteiger partial charge in [-0.15, -0.1) is 0 Å². The van der Waals surface area contributed by atoms with Crippen LogP contribution in [0.2, 0.25) is 0 Å². The number of rotatable bonds is 5. The fraction of sp³-hybridized carbons (Fsp3) is 0.533. The zero-order chi connectivity index (χ0) is 17.3. The van der Waals surface area contributed by atoms with E-state index in [9.17, 15) is 19.5 Å². The van der Waals surface area contributed by atoms with Gasteiger partial charge in [-0.05, 0) is 19.4 Å². The summed E-state index contributed by atoms with van der Waals surface area (Å²) in [7, 11) is 4.66. The summed E-state index contributed by atoms with van der Waals surface area (Å²) in [6.45, 7) is 2.14. The summed E-state index contributed by atoms with van der Waals surface area (Å²) in [5.74, 6) is -0.156. The lowest BCUT2D eigenvalue weighted by molar-refractivity contribution is -0.130. The monoisotopic (exact) mass is 322 g/mol. The van der Waals surface area contributed by atoms with Gasteiger partial charge in [0.25, 0.3) is 5.56 Å². The zero-order valence-corrected chi connectivity index (χ0v) is 13.8. The molecule has 0 radical (unpaired) electrons. The van der Waals surface area contributed by atoms with Crippen molar-refractivity contribution in [2.75, 3.05) is 13.6 Å². The topological polar surface area (TPSA) is 89.5 Å². The first-order valence-corrected chi connectivity index (χ1v) is 7.41. The molecule has 1 atom stereocenters. The van der Waals surface area contributed by atoms with Crippen molar-refractivity contribution >= 4 is 16.9 Å². The molecule has 0 aromatic carbocycles. The molecular weight excluding hydrogens is 300 g/mol. The first-order valence-electron chi connectivity index (χ1n) is 7.41. The molecule has 2 aromatic rings. The van der Waals surface area contributed by atoms with Gasteiger partial charge in [-0.2, -0.15) is 0 Å². The third-order valence-corrected chi connectivity index (χ3v) is 3.97. The van der Waals surface area contributed by atoms with Crippen molar-refractivity contribution in [1.29, 1.82) is 0 Å². The number of aliphatic hydroxyl groups excluding tert-OH is 1. The van der Waals surface area contributed by atoms with E-state index in [4.69, 9.17) is 0 Å². The predicted octanol–water partition coefficient (Wildman–Crippen LogP) is -0.732. The molecule has 0 spiro atoms. The molecular formula is C15H22N4O4. The Bertz CT molecular complexity index is 844. The Morgan fingerprint density at radius 2 is 1.96 bits per heavy atom. The van der Waals surface area contributed by atoms with Crippen LogP contribution in [0.1, 0.15) is 13.3 Å². The minimum atomic E-state index is -0.471. The first-order chi connectivity index (χ1) is 10.7. The Morgan fingerprint density at radius 1 is 1.30 bits per heavy atom. The summed E-state index contributed by atoms with van der Waals surface area (Å²) in [6.07, 6.45) is 1.65. The average molecular weight is 322 g/mol. The number of aliphatic hydroxyl groups is 1. The lowest BCUT2D eigenvalue weighted by atomic mass is 10.3. The molecule has 1 amide bonds. The van der Waals surface area contributed by atoms with Crippen LogP contribution in [0.4, 0.5) is 0 Å². The second-order valence-corrected chi connectivity index (χ2v) is 5.84. The van der Waals surface area contributed by atoms with E-state index in [1.807, 2.05) is 0 Å². The lowest BCUT2D eigenvalue weighted by Gasteiger charge is -2.19. The number of fused-ring (bicyclic) bond motifs is 1. The van der Waals surface area contributed by atoms with Crippen molar-refractivity contribution in [3.63, 3.8) is 0 Å². The molecule has 8 nitrogen and oxygen atoms in total. The molecule has 2 rings (SSSR count). The van der Waals surface area contributed by atoms with Gasteiger partial charge in [0, 0.05) is 33.9 Å². The quantitative estimate of drug-likeness (QED) is 0.786. The summed E-state index contributed by atoms with van der Waals surface area (Å²) >= 11 is 0. The van der Waals surface area contributed by atoms with Crippen LogP contribution in [0.5, 0.6) is 0 Å². The van der Waals surface area contributed by atoms with Gasteiger partial charge in [-0.1, -0.05) is 0 Å². The molecule has 0 unspecified atom stereocenters. The van der Waals surface area contributed by atoms with Crippen molar-refractivity contribution < 1.29 is 9.90 Å². The fourth-order valence-electron chi connectivity index (χ4n) is 2.49. The third-order valence-electron chi connectivity index (χ3n) is 3.97. The minimum Gasteiger partial charge on any atom is -0.393 e. The second-order valence-electron chi connectivity index (χ2n) is 5.84. The Labute approximate surface area is 133 Å². The smallest absolute Gasteiger partial charge is 0.332 e. The maximum absolute atomic E-state index is 12.3. The highest BCUT2D eigenvalue weighted by atomic mass is 16.3. The third kappa shape index (κ3) is 3.21. The number of amides is 1. The summed E-state index contributed by atoms with van der Waals surface area (Å²) in [5, 5.41) is 9.68. The van der Waals surface area contributed by atoms with Gasteiger partial charge in [-0.3, -0.25) is 18.7 Å². The van der Waals surface area contributed by atoms with Crippen LogP contribution in [-0.2, 0) is 25.4 Å². The van der Waals surface area contributed by atoms with Gasteiger partial charge in [0.15, 0.2) is 0 Å². The predicted molar refractivity (Wildman–Crippen MR) is 86.4 cm³/mol. The van der Waals surface area contributed by atoms with Crippen LogP contribution in [0.15, 0.2) is 21.9 Å². The number of nitrogens with zero attached hydrogens (tertiary/aromatic N) is 4. The van der Waals surface area contributed by atoms with E-state index in [0.29, 0.717) is 24.0 Å². The van der Waals surface area contributed by atoms with Crippen molar-refractivity contribution in [2.24, 2.45) is 14.1 Å². The molecule has 8 heteroatoms. The lowest BCUT2D eigenvalue weighted by Crippen LogP contribution is -2.38. The van der Waals surface area contributed by atoms with Gasteiger partial charge in [-0.25, -0.2) is 4.79 Å². The zero-order valence-electron chi connectivity index (χ0n) is 13.8. The van der Waals surface area contributed by atoms with E-state index in [0.717, 1.165) is 4.57 Å². The van der Waals surface area contributed by atoms with E-state index < -0.39 is 11.8 Å². The molecule has 2 aromatic heterocycles. The van der Waals surface area contributed by atoms with E-state index in [1.165, 1.54) is 16.5 Å². The summed E-state index contributed by atoms with van der Waals surface area (Å²) in [5.41, 5.74) is -0.385. The Balaban J connectivity index is 2.33. The van der Waals surface area contributed by atoms with Crippen LogP contribution in [-0.4, -0.2) is 49.3 Å². The maximum Gasteiger partial charge on any atom is 0.332 e. The second kappa shape index (κ2) is 6.41. The molecule has 1 N–H and O–H groups in total. The molecule has 0 aliphatic rings. The molecule has 0 aliphatic heterocycles. The number of aryl methyl sites for hydroxylation is 1. The number of likely N-dealkylation sites (N-methyl/N-ethyl adjacent to an activating group) is 1. The van der Waals surface area contributed by atoms with Crippen molar-refractivity contribution in [1.82, 2.24) is 18.6 Å². The normalized spacial score (nSPS) is 12.6. The highest BCUT2D eigenvalue weighted by Crippen LogP contribution is 2.10. The molecule has 2 heterocycles. The van der Waals surface area contributed by atoms with Crippen molar-refractivity contribution in [2.45, 2.75) is 26.0 Å². The van der Waals surface area contributed by atoms with E-state index in [1.54, 1.807) is 37.8 Å². The number of carbonyl (C=O) groups excluding carboxylic acids is 1. The summed E-state index contributed by atoms with van der Waals surface area (Å²) in [4.78, 5) is 38.0. The Morgan fingerprint density at radius 3 is 2.57 bits per heavy atom. The average Bonchev–Trinajstić information content (AvgIpc) is 2.92. The van der Waals surface area contributed by atoms with Gasteiger partial charge in [0.1, 0.15) is 12.2 Å². The van der Waals surface area contributed by atoms with Crippen molar-refractivity contribution in [3.8, 4) is 0 Å². The highest BCUT2D eigenvalue weighted by molar-refractivity contribution is 5.80. The molecule has 0 bridgehead atoms. The number of hydrogen-bond acceptors (Lipinski definition) is 4. The van der Waals surface area contributed by atoms with E-state index in [2.05, 4.69) is 0 Å². The summed E-state index contributed by atoms with van der Waals surface area (Å²) < 4.78 is 4.00. The number of aromatic nitrogens is 3. The largest absolute Gasteiger partial charge is 0.393 e. The molecule has 0 saturated carbocycles. The van der Waals surface area contributed by atoms with Gasteiger partial charge < -0.3 is 14.6 Å². The molecule has 23 heavy (non-hydrogen) atoms. The Kier molecular flexibility index (Phi) is 4.74. The molecule has 0 aliphatic carbocycles. The molecule has 0 saturated heterocycles. The Hall–Kier alpha value is -2.35. The fourth-order valence-corrected chi connectivity index (χ4v) is 2.49. The summed E-state index contributed by atoms with van der Waals surface area (Å²) in [6, 6.07) is 1.61. The van der Waals surface area contributed by atoms with Crippen LogP contribution in [0.25, 0.3) is 11.0 Å². The maximum atomic E-state index is 12.3. The van der Waals surface area contributed by atoms with Gasteiger partial charge in [0.05, 0.1) is 11.5 Å². The van der Waals surface area contributed by atoms with Crippen LogP contribution < -0.4 is 11.2 Å². The molecule has 126 valence electrons. The van der Waals surface area contributed by atoms with E-state index in [-0.39, 0.29) is 18.0 Å². The molecule has 0 fully saturated rings. The van der Waals surface area contributed by atoms with E-state index >= 15 is 0 Å². The van der Waals surface area contributed by atoms with Crippen molar-refractivity contribution in [3.05, 3.63) is 33.1 Å². The van der Waals surface area contributed by atoms with Gasteiger partial charge in [0.2, 0.25) is 5.91 Å². The minimum absolute atomic E-state index is 0.0280. The highest BCUT2D eigenvalue weighted by Gasteiger charge is 2.16. The SMILES string of the molecule is C[C@H](O)CCN(C)C(=O)Cn1ccc2c(=O)n(C)c(=O)n(C)c21. The first kappa shape index (κ1) is 17.0. The van der Waals surface area contributed by atoms with Gasteiger partial charge >= 0.3 is 5.69 Å².